The van der Waals surface area contributed by atoms with Gasteiger partial charge in [-0.05, 0) is 48.0 Å². The molecule has 0 atom stereocenters. The Kier molecular flexibility index (Phi) is 4.95. The molecule has 1 aromatic heterocycles. The van der Waals surface area contributed by atoms with Crippen molar-refractivity contribution in [1.82, 2.24) is 9.55 Å². The molecule has 1 heterocycles. The van der Waals surface area contributed by atoms with Crippen molar-refractivity contribution >= 4 is 41.9 Å². The van der Waals surface area contributed by atoms with Crippen LogP contribution in [0.5, 0.6) is 5.75 Å². The number of fused-ring (bicyclic) bond motifs is 1. The summed E-state index contributed by atoms with van der Waals surface area (Å²) in [5, 5.41) is 12.6. The molecule has 29 heavy (non-hydrogen) atoms. The van der Waals surface area contributed by atoms with Gasteiger partial charge in [0, 0.05) is 5.69 Å². The SMILES string of the molecule is [B]c1ccccc1Cn1c(Nc2ccc(OC)cc2)nc2cc(C(=O)O)ccc21. The van der Waals surface area contributed by atoms with Crippen molar-refractivity contribution in [3.63, 3.8) is 0 Å². The number of carboxylic acid groups (broad SMARTS) is 1. The van der Waals surface area contributed by atoms with Crippen molar-refractivity contribution < 1.29 is 14.6 Å². The van der Waals surface area contributed by atoms with Crippen LogP contribution < -0.4 is 15.5 Å². The molecule has 4 aromatic rings. The second-order valence-corrected chi connectivity index (χ2v) is 6.58. The number of anilines is 2. The first-order valence-electron chi connectivity index (χ1n) is 9.03. The standard InChI is InChI=1S/C22H18BN3O3/c1-29-17-9-7-16(8-10-17)24-22-25-19-12-14(21(27)28)6-11-20(19)26(22)13-15-4-2-3-5-18(15)23/h2-12H,13H2,1H3,(H,24,25)(H,27,28). The van der Waals surface area contributed by atoms with E-state index >= 15 is 0 Å². The smallest absolute Gasteiger partial charge is 0.335 e. The maximum absolute atomic E-state index is 11.3. The molecule has 0 amide bonds. The van der Waals surface area contributed by atoms with Crippen LogP contribution in [-0.4, -0.2) is 35.6 Å². The summed E-state index contributed by atoms with van der Waals surface area (Å²) in [7, 11) is 7.75. The number of rotatable bonds is 6. The van der Waals surface area contributed by atoms with E-state index in [0.29, 0.717) is 23.5 Å². The van der Waals surface area contributed by atoms with Crippen LogP contribution in [0.3, 0.4) is 0 Å². The van der Waals surface area contributed by atoms with E-state index in [1.807, 2.05) is 53.1 Å². The van der Waals surface area contributed by atoms with Crippen molar-refractivity contribution in [1.29, 1.82) is 0 Å². The van der Waals surface area contributed by atoms with Crippen LogP contribution in [0.25, 0.3) is 11.0 Å². The van der Waals surface area contributed by atoms with Crippen molar-refractivity contribution in [2.45, 2.75) is 6.54 Å². The van der Waals surface area contributed by atoms with Gasteiger partial charge in [-0.3, -0.25) is 0 Å². The van der Waals surface area contributed by atoms with Gasteiger partial charge in [0.25, 0.3) is 0 Å². The number of carbonyl (C=O) groups is 1. The second kappa shape index (κ2) is 7.71. The average molecular weight is 383 g/mol. The van der Waals surface area contributed by atoms with Crippen LogP contribution in [0.4, 0.5) is 11.6 Å². The van der Waals surface area contributed by atoms with E-state index in [9.17, 15) is 9.90 Å². The molecule has 4 rings (SSSR count). The summed E-state index contributed by atoms with van der Waals surface area (Å²) >= 11 is 0. The normalized spacial score (nSPS) is 10.8. The van der Waals surface area contributed by atoms with Gasteiger partial charge in [-0.2, -0.15) is 0 Å². The summed E-state index contributed by atoms with van der Waals surface area (Å²) < 4.78 is 7.18. The Hall–Kier alpha value is -3.74. The van der Waals surface area contributed by atoms with E-state index in [1.54, 1.807) is 25.3 Å². The summed E-state index contributed by atoms with van der Waals surface area (Å²) in [5.74, 6) is 0.363. The highest BCUT2D eigenvalue weighted by molar-refractivity contribution is 6.33. The van der Waals surface area contributed by atoms with Crippen molar-refractivity contribution in [2.24, 2.45) is 0 Å². The number of imidazole rings is 1. The van der Waals surface area contributed by atoms with E-state index in [1.165, 1.54) is 0 Å². The quantitative estimate of drug-likeness (QED) is 0.500. The zero-order valence-corrected chi connectivity index (χ0v) is 15.8. The minimum atomic E-state index is -0.988. The van der Waals surface area contributed by atoms with Gasteiger partial charge in [-0.1, -0.05) is 29.7 Å². The summed E-state index contributed by atoms with van der Waals surface area (Å²) in [6, 6.07) is 20.0. The molecule has 0 fully saturated rings. The highest BCUT2D eigenvalue weighted by Gasteiger charge is 2.14. The number of hydrogen-bond donors (Lipinski definition) is 2. The van der Waals surface area contributed by atoms with Crippen LogP contribution in [0.1, 0.15) is 15.9 Å². The van der Waals surface area contributed by atoms with E-state index in [0.717, 1.165) is 22.5 Å². The Morgan fingerprint density at radius 1 is 1.14 bits per heavy atom. The number of nitrogens with one attached hydrogen (secondary N) is 1. The molecule has 2 N–H and O–H groups in total. The lowest BCUT2D eigenvalue weighted by molar-refractivity contribution is 0.0697. The molecule has 0 bridgehead atoms. The third-order valence-electron chi connectivity index (χ3n) is 4.72. The maximum atomic E-state index is 11.3. The highest BCUT2D eigenvalue weighted by atomic mass is 16.5. The van der Waals surface area contributed by atoms with Crippen LogP contribution in [-0.2, 0) is 6.54 Å². The number of methoxy groups -OCH3 is 1. The largest absolute Gasteiger partial charge is 0.497 e. The predicted octanol–water partition coefficient (Wildman–Crippen LogP) is 3.33. The number of nitrogens with zero attached hydrogens (tertiary/aromatic N) is 2. The Morgan fingerprint density at radius 3 is 2.59 bits per heavy atom. The lowest BCUT2D eigenvalue weighted by Crippen LogP contribution is -2.14. The first-order chi connectivity index (χ1) is 14.0. The third kappa shape index (κ3) is 3.80. The molecule has 0 spiro atoms. The fourth-order valence-corrected chi connectivity index (χ4v) is 3.17. The Balaban J connectivity index is 1.79. The molecule has 0 unspecified atom stereocenters. The predicted molar refractivity (Wildman–Crippen MR) is 114 cm³/mol. The summed E-state index contributed by atoms with van der Waals surface area (Å²) in [5.41, 5.74) is 4.07. The third-order valence-corrected chi connectivity index (χ3v) is 4.72. The van der Waals surface area contributed by atoms with Gasteiger partial charge < -0.3 is 19.7 Å². The van der Waals surface area contributed by atoms with Gasteiger partial charge in [-0.15, -0.1) is 0 Å². The zero-order chi connectivity index (χ0) is 20.4. The second-order valence-electron chi connectivity index (χ2n) is 6.58. The number of carboxylic acids is 1. The number of ether oxygens (including phenoxy) is 1. The van der Waals surface area contributed by atoms with Gasteiger partial charge in [0.2, 0.25) is 5.95 Å². The van der Waals surface area contributed by atoms with Crippen LogP contribution in [0, 0.1) is 0 Å². The van der Waals surface area contributed by atoms with E-state index in [2.05, 4.69) is 10.3 Å². The molecule has 0 aliphatic carbocycles. The van der Waals surface area contributed by atoms with Gasteiger partial charge >= 0.3 is 5.97 Å². The fraction of sp³-hybridized carbons (Fsp3) is 0.0909. The van der Waals surface area contributed by atoms with Crippen molar-refractivity contribution in [3.05, 3.63) is 77.9 Å². The van der Waals surface area contributed by atoms with Gasteiger partial charge in [0.1, 0.15) is 13.6 Å². The molecule has 7 heteroatoms. The molecule has 6 nitrogen and oxygen atoms in total. The fourth-order valence-electron chi connectivity index (χ4n) is 3.17. The van der Waals surface area contributed by atoms with Gasteiger partial charge in [-0.25, -0.2) is 9.78 Å². The molecule has 0 aliphatic rings. The number of hydrogen-bond acceptors (Lipinski definition) is 4. The first-order valence-corrected chi connectivity index (χ1v) is 9.03. The Bertz CT molecular complexity index is 1190. The summed E-state index contributed by atoms with van der Waals surface area (Å²) in [6.07, 6.45) is 0. The van der Waals surface area contributed by atoms with E-state index < -0.39 is 5.97 Å². The van der Waals surface area contributed by atoms with Crippen molar-refractivity contribution in [3.8, 4) is 5.75 Å². The Morgan fingerprint density at radius 2 is 1.90 bits per heavy atom. The van der Waals surface area contributed by atoms with Crippen molar-refractivity contribution in [2.75, 3.05) is 12.4 Å². The monoisotopic (exact) mass is 383 g/mol. The zero-order valence-electron chi connectivity index (χ0n) is 15.8. The molecular formula is C22H18BN3O3. The van der Waals surface area contributed by atoms with E-state index in [4.69, 9.17) is 12.6 Å². The first kappa shape index (κ1) is 18.6. The lowest BCUT2D eigenvalue weighted by Gasteiger charge is -2.13. The van der Waals surface area contributed by atoms with Gasteiger partial charge in [0.15, 0.2) is 0 Å². The number of aromatic carboxylic acids is 1. The molecule has 2 radical (unpaired) electrons. The van der Waals surface area contributed by atoms with E-state index in [-0.39, 0.29) is 5.56 Å². The maximum Gasteiger partial charge on any atom is 0.335 e. The topological polar surface area (TPSA) is 76.4 Å². The van der Waals surface area contributed by atoms with Gasteiger partial charge in [0.05, 0.1) is 30.3 Å². The number of benzene rings is 3. The van der Waals surface area contributed by atoms with Crippen LogP contribution in [0.15, 0.2) is 66.7 Å². The average Bonchev–Trinajstić information content (AvgIpc) is 3.06. The summed E-state index contributed by atoms with van der Waals surface area (Å²) in [4.78, 5) is 16.0. The van der Waals surface area contributed by atoms with Crippen LogP contribution >= 0.6 is 0 Å². The summed E-state index contributed by atoms with van der Waals surface area (Å²) in [6.45, 7) is 0.494. The minimum absolute atomic E-state index is 0.192. The minimum Gasteiger partial charge on any atom is -0.497 e. The Labute approximate surface area is 169 Å². The molecule has 0 saturated heterocycles. The molecular weight excluding hydrogens is 365 g/mol. The molecule has 142 valence electrons. The van der Waals surface area contributed by atoms with Crippen LogP contribution in [0.2, 0.25) is 0 Å². The molecule has 0 saturated carbocycles. The highest BCUT2D eigenvalue weighted by Crippen LogP contribution is 2.26. The lowest BCUT2D eigenvalue weighted by atomic mass is 9.90. The molecule has 0 aliphatic heterocycles. The molecule has 3 aromatic carbocycles. The number of aromatic nitrogens is 2.